The van der Waals surface area contributed by atoms with Gasteiger partial charge in [0.15, 0.2) is 11.6 Å². The van der Waals surface area contributed by atoms with Gasteiger partial charge < -0.3 is 61.0 Å². The molecule has 1 saturated carbocycles. The molecule has 7 aliphatic rings. The van der Waals surface area contributed by atoms with Crippen LogP contribution in [0, 0.1) is 0 Å². The van der Waals surface area contributed by atoms with Crippen molar-refractivity contribution in [3.05, 3.63) is 97.1 Å². The number of benzene rings is 4. The molecule has 6 aromatic rings. The molecule has 6 saturated heterocycles. The summed E-state index contributed by atoms with van der Waals surface area (Å²) in [4.78, 5) is 67.8. The van der Waals surface area contributed by atoms with Gasteiger partial charge in [-0.15, -0.1) is 0 Å². The van der Waals surface area contributed by atoms with Crippen LogP contribution >= 0.6 is 0 Å². The van der Waals surface area contributed by atoms with E-state index in [1.807, 2.05) is 48.5 Å². The minimum absolute atomic E-state index is 0.0571. The van der Waals surface area contributed by atoms with Crippen molar-refractivity contribution in [3.63, 3.8) is 0 Å². The number of urea groups is 2. The molecule has 2 aromatic heterocycles. The SMILES string of the molecule is O=C(NCCF)N(c1ccc(-c2nc(Nc3ccc(N4CCNCC4)cc3)nc(N3CC4CCC(C3)O4)n2)cc1)N(C(=O)NC1CC1)c1ccc(-c2nc(Nc3ccc(N4CCNCC4)cc3)nc(N3CC4CCC(C3)O4)n2)cc1. The first kappa shape index (κ1) is 51.4. The lowest BCUT2D eigenvalue weighted by Gasteiger charge is -2.35. The number of ether oxygens (including phenoxy) is 2. The van der Waals surface area contributed by atoms with Crippen LogP contribution in [0.15, 0.2) is 97.1 Å². The number of alkyl halides is 1. The lowest BCUT2D eigenvalue weighted by atomic mass is 10.1. The van der Waals surface area contributed by atoms with Gasteiger partial charge in [0.25, 0.3) is 0 Å². The van der Waals surface area contributed by atoms with Crippen LogP contribution in [0.4, 0.5) is 71.9 Å². The van der Waals surface area contributed by atoms with Crippen molar-refractivity contribution in [1.29, 1.82) is 0 Å². The first-order chi connectivity index (χ1) is 39.3. The average Bonchev–Trinajstić information content (AvgIpc) is 4.19. The third-order valence-corrected chi connectivity index (χ3v) is 15.7. The Bertz CT molecular complexity index is 3100. The van der Waals surface area contributed by atoms with E-state index >= 15 is 0 Å². The summed E-state index contributed by atoms with van der Waals surface area (Å²) >= 11 is 0. The number of carbonyl (C=O) groups excluding carboxylic acids is 2. The van der Waals surface area contributed by atoms with Crippen LogP contribution < -0.4 is 61.5 Å². The molecule has 0 radical (unpaired) electrons. The van der Waals surface area contributed by atoms with Gasteiger partial charge in [0.1, 0.15) is 6.67 Å². The molecule has 7 fully saturated rings. The highest BCUT2D eigenvalue weighted by Gasteiger charge is 2.38. The predicted octanol–water partition coefficient (Wildman–Crippen LogP) is 6.21. The molecule has 4 atom stereocenters. The molecule has 8 heterocycles. The number of hydrazine groups is 1. The van der Waals surface area contributed by atoms with Crippen LogP contribution in [0.1, 0.15) is 38.5 Å². The number of anilines is 10. The van der Waals surface area contributed by atoms with Crippen LogP contribution in [0.5, 0.6) is 0 Å². The van der Waals surface area contributed by atoms with Crippen LogP contribution in [-0.2, 0) is 9.47 Å². The lowest BCUT2D eigenvalue weighted by Crippen LogP contribution is -2.57. The molecule has 6 N–H and O–H groups in total. The van der Waals surface area contributed by atoms with Crippen molar-refractivity contribution in [2.75, 3.05) is 132 Å². The number of hydrogen-bond donors (Lipinski definition) is 6. The maximum atomic E-state index is 14.6. The zero-order valence-electron chi connectivity index (χ0n) is 44.6. The van der Waals surface area contributed by atoms with E-state index in [2.05, 4.69) is 75.8 Å². The highest BCUT2D eigenvalue weighted by Crippen LogP contribution is 2.35. The molecule has 22 nitrogen and oxygen atoms in total. The van der Waals surface area contributed by atoms with Gasteiger partial charge in [0.2, 0.25) is 23.8 Å². The standard InChI is InChI=1S/C57H67FN18O4/c58-23-24-61-56(77)75(44-11-1-37(2-12-44)50-65-52(69-54(67-50)73-33-46-19-20-47(34-73)79-46)62-39-7-15-42(16-8-39)71-29-25-59-26-30-71)76(57(78)64-41-5-6-41)45-13-3-38(4-14-45)51-66-53(70-55(68-51)74-35-48-21-22-49(36-74)80-48)63-40-9-17-43(18-10-40)72-31-27-60-28-32-72/h1-4,7-18,41,46-49,59-60H,5-6,19-36H2,(H,61,77)(H,64,78)(H,62,65,67,69)(H,63,66,68,70). The van der Waals surface area contributed by atoms with Crippen LogP contribution in [-0.4, -0.2) is 164 Å². The Balaban J connectivity index is 0.805. The topological polar surface area (TPSA) is 222 Å². The molecule has 13 rings (SSSR count). The summed E-state index contributed by atoms with van der Waals surface area (Å²) in [7, 11) is 0. The van der Waals surface area contributed by atoms with Crippen molar-refractivity contribution in [3.8, 4) is 22.8 Å². The van der Waals surface area contributed by atoms with Crippen molar-refractivity contribution in [2.45, 2.75) is 69.0 Å². The van der Waals surface area contributed by atoms with Crippen LogP contribution in [0.25, 0.3) is 22.8 Å². The number of piperazine rings is 2. The number of amides is 4. The fourth-order valence-corrected chi connectivity index (χ4v) is 11.4. The summed E-state index contributed by atoms with van der Waals surface area (Å²) in [6.07, 6.45) is 6.00. The van der Waals surface area contributed by atoms with Gasteiger partial charge in [-0.25, -0.2) is 14.0 Å². The number of hydrogen-bond acceptors (Lipinski definition) is 18. The Morgan fingerprint density at radius 2 is 0.925 bits per heavy atom. The monoisotopic (exact) mass is 1090 g/mol. The van der Waals surface area contributed by atoms with E-state index in [0.717, 1.165) is 114 Å². The largest absolute Gasteiger partial charge is 0.371 e. The Labute approximate surface area is 463 Å². The molecular weight excluding hydrogens is 1020 g/mol. The van der Waals surface area contributed by atoms with Crippen molar-refractivity contribution < 1.29 is 23.5 Å². The fourth-order valence-electron chi connectivity index (χ4n) is 11.4. The second-order valence-electron chi connectivity index (χ2n) is 21.5. The Morgan fingerprint density at radius 3 is 1.32 bits per heavy atom. The van der Waals surface area contributed by atoms with Crippen molar-refractivity contribution in [2.24, 2.45) is 0 Å². The minimum atomic E-state index is -0.803. The zero-order chi connectivity index (χ0) is 53.9. The molecule has 80 heavy (non-hydrogen) atoms. The summed E-state index contributed by atoms with van der Waals surface area (Å²) in [5, 5.41) is 22.0. The van der Waals surface area contributed by atoms with Gasteiger partial charge in [-0.05, 0) is 136 Å². The molecule has 23 heteroatoms. The summed E-state index contributed by atoms with van der Waals surface area (Å²) < 4.78 is 26.2. The number of morpholine rings is 2. The molecule has 4 aromatic carbocycles. The maximum absolute atomic E-state index is 14.6. The Kier molecular flexibility index (Phi) is 14.8. The quantitative estimate of drug-likeness (QED) is 0.0629. The molecular formula is C57H67FN18O4. The van der Waals surface area contributed by atoms with Crippen molar-refractivity contribution >= 4 is 70.0 Å². The average molecular weight is 1090 g/mol. The summed E-state index contributed by atoms with van der Waals surface area (Å²) in [6.45, 7) is 9.17. The van der Waals surface area contributed by atoms with E-state index < -0.39 is 18.7 Å². The first-order valence-electron chi connectivity index (χ1n) is 28.2. The normalized spacial score (nSPS) is 21.5. The number of carbonyl (C=O) groups is 2. The van der Waals surface area contributed by atoms with E-state index in [-0.39, 0.29) is 37.0 Å². The molecule has 4 unspecified atom stereocenters. The number of rotatable bonds is 15. The van der Waals surface area contributed by atoms with Gasteiger partial charge in [0.05, 0.1) is 35.8 Å². The summed E-state index contributed by atoms with van der Waals surface area (Å²) in [5.41, 5.74) is 5.99. The summed E-state index contributed by atoms with van der Waals surface area (Å²) in [5.74, 6) is 2.67. The molecule has 6 aliphatic heterocycles. The van der Waals surface area contributed by atoms with Gasteiger partial charge in [-0.1, -0.05) is 0 Å². The highest BCUT2D eigenvalue weighted by atomic mass is 19.1. The third kappa shape index (κ3) is 11.7. The Hall–Kier alpha value is -7.99. The smallest absolute Gasteiger partial charge is 0.341 e. The molecule has 1 aliphatic carbocycles. The molecule has 416 valence electrons. The van der Waals surface area contributed by atoms with E-state index in [1.54, 1.807) is 24.3 Å². The Morgan fingerprint density at radius 1 is 0.512 bits per heavy atom. The number of nitrogens with zero attached hydrogens (tertiary/aromatic N) is 12. The second kappa shape index (κ2) is 23.0. The molecule has 4 amide bonds. The summed E-state index contributed by atoms with van der Waals surface area (Å²) in [6, 6.07) is 29.5. The van der Waals surface area contributed by atoms with Gasteiger partial charge >= 0.3 is 12.1 Å². The van der Waals surface area contributed by atoms with E-state index in [0.29, 0.717) is 84.1 Å². The first-order valence-corrected chi connectivity index (χ1v) is 28.2. The minimum Gasteiger partial charge on any atom is -0.371 e. The highest BCUT2D eigenvalue weighted by molar-refractivity contribution is 6.05. The second-order valence-corrected chi connectivity index (χ2v) is 21.5. The third-order valence-electron chi connectivity index (χ3n) is 15.7. The molecule has 0 spiro atoms. The fraction of sp³-hybridized carbons (Fsp3) is 0.439. The predicted molar refractivity (Wildman–Crippen MR) is 306 cm³/mol. The van der Waals surface area contributed by atoms with Gasteiger partial charge in [0, 0.05) is 125 Å². The number of aromatic nitrogens is 6. The number of nitrogens with one attached hydrogen (secondary N) is 6. The van der Waals surface area contributed by atoms with E-state index in [9.17, 15) is 14.0 Å². The number of halogens is 1. The van der Waals surface area contributed by atoms with Crippen LogP contribution in [0.3, 0.4) is 0 Å². The van der Waals surface area contributed by atoms with Gasteiger partial charge in [-0.2, -0.15) is 39.9 Å². The van der Waals surface area contributed by atoms with Crippen molar-refractivity contribution in [1.82, 2.24) is 51.2 Å². The van der Waals surface area contributed by atoms with E-state index in [4.69, 9.17) is 39.4 Å². The number of fused-ring (bicyclic) bond motifs is 4. The van der Waals surface area contributed by atoms with Gasteiger partial charge in [-0.3, -0.25) is 0 Å². The maximum Gasteiger partial charge on any atom is 0.341 e. The zero-order valence-corrected chi connectivity index (χ0v) is 44.6. The lowest BCUT2D eigenvalue weighted by molar-refractivity contribution is 0.0297. The van der Waals surface area contributed by atoms with E-state index in [1.165, 1.54) is 10.0 Å². The molecule has 4 bridgehead atoms. The van der Waals surface area contributed by atoms with Crippen LogP contribution in [0.2, 0.25) is 0 Å².